The lowest BCUT2D eigenvalue weighted by molar-refractivity contribution is 0.411. The molecule has 0 saturated heterocycles. The summed E-state index contributed by atoms with van der Waals surface area (Å²) in [7, 11) is 0. The molecule has 3 aliphatic rings. The lowest BCUT2D eigenvalue weighted by atomic mass is 9.96. The monoisotopic (exact) mass is 303 g/mol. The van der Waals surface area contributed by atoms with Gasteiger partial charge in [0.05, 0.1) is 11.4 Å². The van der Waals surface area contributed by atoms with Crippen molar-refractivity contribution in [3.8, 4) is 0 Å². The molecule has 0 aromatic carbocycles. The van der Waals surface area contributed by atoms with Gasteiger partial charge in [-0.2, -0.15) is 5.10 Å². The van der Waals surface area contributed by atoms with E-state index in [-0.39, 0.29) is 0 Å². The quantitative estimate of drug-likeness (QED) is 0.805. The molecular weight excluding hydrogens is 278 g/mol. The first-order chi connectivity index (χ1) is 10.00. The van der Waals surface area contributed by atoms with Crippen LogP contribution in [0.15, 0.2) is 0 Å². The van der Waals surface area contributed by atoms with E-state index in [0.717, 1.165) is 23.4 Å². The van der Waals surface area contributed by atoms with Gasteiger partial charge in [-0.25, -0.2) is 4.68 Å². The molecule has 2 fully saturated rings. The zero-order valence-corrected chi connectivity index (χ0v) is 14.1. The molecule has 3 aliphatic carbocycles. The van der Waals surface area contributed by atoms with Gasteiger partial charge in [0.15, 0.2) is 5.11 Å². The Hall–Kier alpha value is -0.900. The van der Waals surface area contributed by atoms with Crippen LogP contribution < -0.4 is 5.32 Å². The van der Waals surface area contributed by atoms with Crippen molar-refractivity contribution in [2.45, 2.75) is 71.3 Å². The maximum atomic E-state index is 5.66. The average Bonchev–Trinajstić information content (AvgIpc) is 2.83. The lowest BCUT2D eigenvalue weighted by Gasteiger charge is -2.24. The van der Waals surface area contributed by atoms with Crippen LogP contribution in [0.1, 0.15) is 68.8 Å². The third kappa shape index (κ3) is 1.98. The molecule has 0 spiro atoms. The number of thiocarbonyl (C=S) groups is 1. The van der Waals surface area contributed by atoms with Crippen LogP contribution in [-0.4, -0.2) is 20.9 Å². The zero-order valence-electron chi connectivity index (χ0n) is 13.3. The van der Waals surface area contributed by atoms with Gasteiger partial charge in [-0.1, -0.05) is 33.1 Å². The van der Waals surface area contributed by atoms with E-state index in [1.807, 2.05) is 4.68 Å². The summed E-state index contributed by atoms with van der Waals surface area (Å²) in [5.41, 5.74) is 4.55. The molecule has 114 valence electrons. The molecule has 2 unspecified atom stereocenters. The molecule has 2 atom stereocenters. The van der Waals surface area contributed by atoms with Gasteiger partial charge in [-0.3, -0.25) is 0 Å². The van der Waals surface area contributed by atoms with Crippen LogP contribution in [0.5, 0.6) is 0 Å². The highest BCUT2D eigenvalue weighted by Gasteiger charge is 2.63. The smallest absolute Gasteiger partial charge is 0.194 e. The van der Waals surface area contributed by atoms with E-state index < -0.39 is 0 Å². The zero-order chi connectivity index (χ0) is 14.8. The van der Waals surface area contributed by atoms with Crippen molar-refractivity contribution in [2.24, 2.45) is 11.3 Å². The Labute approximate surface area is 132 Å². The Morgan fingerprint density at radius 3 is 2.71 bits per heavy atom. The minimum absolute atomic E-state index is 0.476. The van der Waals surface area contributed by atoms with Gasteiger partial charge in [-0.05, 0) is 55.7 Å². The number of aromatic nitrogens is 2. The number of hydrogen-bond acceptors (Lipinski definition) is 2. The fourth-order valence-electron chi connectivity index (χ4n) is 4.75. The molecule has 1 aromatic rings. The van der Waals surface area contributed by atoms with Gasteiger partial charge in [-0.15, -0.1) is 0 Å². The van der Waals surface area contributed by atoms with Crippen molar-refractivity contribution >= 4 is 17.3 Å². The standard InChI is InChI=1S/C17H25N3S/c1-10-14-13(9-12-15(14)17(12,2)3)20(19-10)16(21)18-11-7-5-4-6-8-11/h11-12,15H,4-9H2,1-3H3,(H,18,21). The van der Waals surface area contributed by atoms with Gasteiger partial charge >= 0.3 is 0 Å². The molecule has 1 heterocycles. The highest BCUT2D eigenvalue weighted by atomic mass is 32.1. The van der Waals surface area contributed by atoms with Gasteiger partial charge < -0.3 is 5.32 Å². The highest BCUT2D eigenvalue weighted by molar-refractivity contribution is 7.80. The molecule has 1 N–H and O–H groups in total. The molecule has 0 aliphatic heterocycles. The third-order valence-electron chi connectivity index (χ3n) is 6.11. The second-order valence-corrected chi connectivity index (χ2v) is 8.14. The van der Waals surface area contributed by atoms with Gasteiger partial charge in [0, 0.05) is 11.6 Å². The minimum Gasteiger partial charge on any atom is -0.358 e. The largest absolute Gasteiger partial charge is 0.358 e. The van der Waals surface area contributed by atoms with Crippen LogP contribution in [0.25, 0.3) is 0 Å². The van der Waals surface area contributed by atoms with E-state index in [1.54, 1.807) is 0 Å². The van der Waals surface area contributed by atoms with Gasteiger partial charge in [0.25, 0.3) is 0 Å². The van der Waals surface area contributed by atoms with Crippen molar-refractivity contribution in [3.63, 3.8) is 0 Å². The first-order valence-electron chi connectivity index (χ1n) is 8.39. The second-order valence-electron chi connectivity index (χ2n) is 7.75. The van der Waals surface area contributed by atoms with E-state index >= 15 is 0 Å². The fourth-order valence-corrected chi connectivity index (χ4v) is 5.06. The highest BCUT2D eigenvalue weighted by Crippen LogP contribution is 2.70. The molecule has 21 heavy (non-hydrogen) atoms. The van der Waals surface area contributed by atoms with E-state index in [4.69, 9.17) is 17.3 Å². The average molecular weight is 303 g/mol. The summed E-state index contributed by atoms with van der Waals surface area (Å²) in [6.45, 7) is 6.93. The predicted molar refractivity (Wildman–Crippen MR) is 88.7 cm³/mol. The Morgan fingerprint density at radius 2 is 2.00 bits per heavy atom. The van der Waals surface area contributed by atoms with Crippen molar-refractivity contribution in [1.29, 1.82) is 0 Å². The molecule has 2 saturated carbocycles. The van der Waals surface area contributed by atoms with Crippen molar-refractivity contribution in [1.82, 2.24) is 15.1 Å². The van der Waals surface area contributed by atoms with Crippen LogP contribution in [0, 0.1) is 18.3 Å². The summed E-state index contributed by atoms with van der Waals surface area (Å²) < 4.78 is 2.04. The first kappa shape index (κ1) is 13.7. The second kappa shape index (κ2) is 4.55. The Balaban J connectivity index is 1.56. The van der Waals surface area contributed by atoms with Crippen LogP contribution in [0.2, 0.25) is 0 Å². The number of aryl methyl sites for hydroxylation is 1. The van der Waals surface area contributed by atoms with E-state index in [1.165, 1.54) is 49.1 Å². The van der Waals surface area contributed by atoms with E-state index in [9.17, 15) is 0 Å². The van der Waals surface area contributed by atoms with Gasteiger partial charge in [0.1, 0.15) is 0 Å². The molecule has 1 aromatic heterocycles. The molecule has 4 rings (SSSR count). The van der Waals surface area contributed by atoms with Crippen molar-refractivity contribution in [3.05, 3.63) is 17.0 Å². The van der Waals surface area contributed by atoms with E-state index in [0.29, 0.717) is 11.5 Å². The molecule has 0 amide bonds. The summed E-state index contributed by atoms with van der Waals surface area (Å²) in [5, 5.41) is 9.14. The lowest BCUT2D eigenvalue weighted by Crippen LogP contribution is -2.39. The summed E-state index contributed by atoms with van der Waals surface area (Å²) in [6, 6.07) is 0.554. The topological polar surface area (TPSA) is 29.9 Å². The Bertz CT molecular complexity index is 595. The van der Waals surface area contributed by atoms with E-state index in [2.05, 4.69) is 26.1 Å². The van der Waals surface area contributed by atoms with Gasteiger partial charge in [0.2, 0.25) is 0 Å². The van der Waals surface area contributed by atoms with Crippen LogP contribution in [-0.2, 0) is 6.42 Å². The Kier molecular flexibility index (Phi) is 2.97. The fraction of sp³-hybridized carbons (Fsp3) is 0.765. The summed E-state index contributed by atoms with van der Waals surface area (Å²) >= 11 is 5.66. The van der Waals surface area contributed by atoms with Crippen molar-refractivity contribution < 1.29 is 0 Å². The summed E-state index contributed by atoms with van der Waals surface area (Å²) in [4.78, 5) is 0. The van der Waals surface area contributed by atoms with Crippen LogP contribution in [0.4, 0.5) is 0 Å². The third-order valence-corrected chi connectivity index (χ3v) is 6.40. The maximum Gasteiger partial charge on any atom is 0.194 e. The molecule has 4 heteroatoms. The van der Waals surface area contributed by atoms with Crippen molar-refractivity contribution in [2.75, 3.05) is 0 Å². The van der Waals surface area contributed by atoms with Crippen LogP contribution in [0.3, 0.4) is 0 Å². The van der Waals surface area contributed by atoms with Crippen LogP contribution >= 0.6 is 12.2 Å². The molecule has 0 bridgehead atoms. The number of hydrogen-bond donors (Lipinski definition) is 1. The molecule has 0 radical (unpaired) electrons. The SMILES string of the molecule is Cc1nn(C(=S)NC2CCCCC2)c2c1C1C(C2)C1(C)C. The number of rotatable bonds is 1. The number of nitrogens with one attached hydrogen (secondary N) is 1. The first-order valence-corrected chi connectivity index (χ1v) is 8.80. The number of fused-ring (bicyclic) bond motifs is 3. The molecular formula is C17H25N3S. The number of nitrogens with zero attached hydrogens (tertiary/aromatic N) is 2. The molecule has 3 nitrogen and oxygen atoms in total. The maximum absolute atomic E-state index is 5.66. The Morgan fingerprint density at radius 1 is 1.29 bits per heavy atom. The summed E-state index contributed by atoms with van der Waals surface area (Å²) in [6.07, 6.45) is 7.69. The normalized spacial score (nSPS) is 29.9. The minimum atomic E-state index is 0.476. The predicted octanol–water partition coefficient (Wildman–Crippen LogP) is 3.54. The summed E-state index contributed by atoms with van der Waals surface area (Å²) in [5.74, 6) is 1.53.